The molecule has 0 atom stereocenters. The quantitative estimate of drug-likeness (QED) is 0.664. The van der Waals surface area contributed by atoms with Gasteiger partial charge in [-0.1, -0.05) is 9.39 Å². The van der Waals surface area contributed by atoms with Crippen molar-refractivity contribution in [2.75, 3.05) is 0 Å². The summed E-state index contributed by atoms with van der Waals surface area (Å²) < 4.78 is 36.1. The van der Waals surface area contributed by atoms with Gasteiger partial charge in [0, 0.05) is 0 Å². The first-order valence-electron chi connectivity index (χ1n) is 2.37. The number of hydrogen-bond acceptors (Lipinski definition) is 2. The fourth-order valence-corrected chi connectivity index (χ4v) is 0.491. The van der Waals surface area contributed by atoms with E-state index in [0.29, 0.717) is 0 Å². The number of aromatic carboxylic acids is 1. The Hall–Kier alpha value is -1.53. The minimum atomic E-state index is -1.94. The Morgan fingerprint density at radius 3 is 2.27 bits per heavy atom. The first-order valence-corrected chi connectivity index (χ1v) is 2.37. The Balaban J connectivity index is 3.29. The van der Waals surface area contributed by atoms with Crippen LogP contribution >= 0.6 is 0 Å². The van der Waals surface area contributed by atoms with Crippen LogP contribution in [0.25, 0.3) is 0 Å². The fourth-order valence-electron chi connectivity index (χ4n) is 0.491. The summed E-state index contributed by atoms with van der Waals surface area (Å²) in [4.78, 5) is 8.96. The molecule has 1 aromatic heterocycles. The van der Waals surface area contributed by atoms with E-state index in [1.165, 1.54) is 0 Å². The van der Waals surface area contributed by atoms with Crippen molar-refractivity contribution in [1.29, 1.82) is 0 Å². The van der Waals surface area contributed by atoms with E-state index in [0.717, 1.165) is 0 Å². The molecule has 0 bridgehead atoms. The lowest BCUT2D eigenvalue weighted by Crippen LogP contribution is -1.99. The van der Waals surface area contributed by atoms with Gasteiger partial charge in [-0.15, -0.1) is 5.10 Å². The van der Waals surface area contributed by atoms with Crippen LogP contribution in [0.2, 0.25) is 0 Å². The summed E-state index contributed by atoms with van der Waals surface area (Å²) in [7, 11) is 0. The molecule has 60 valence electrons. The number of aromatic nitrogens is 2. The number of carbonyl (C=O) groups is 1. The summed E-state index contributed by atoms with van der Waals surface area (Å²) in [6, 6.07) is 0. The number of carboxylic acid groups (broad SMARTS) is 1. The van der Waals surface area contributed by atoms with Crippen molar-refractivity contribution >= 4 is 5.97 Å². The first-order chi connectivity index (χ1) is 5.04. The van der Waals surface area contributed by atoms with Crippen LogP contribution < -0.4 is 0 Å². The summed E-state index contributed by atoms with van der Waals surface area (Å²) in [6.45, 7) is 0. The van der Waals surface area contributed by atoms with Crippen LogP contribution in [0, 0.1) is 11.8 Å². The molecule has 0 aromatic carbocycles. The van der Waals surface area contributed by atoms with Crippen LogP contribution in [0.1, 0.15) is 10.5 Å². The molecule has 0 saturated carbocycles. The molecule has 0 aliphatic carbocycles. The zero-order valence-corrected chi connectivity index (χ0v) is 4.88. The molecule has 0 amide bonds. The van der Waals surface area contributed by atoms with Gasteiger partial charge in [0.25, 0.3) is 5.95 Å². The molecular weight excluding hydrogens is 165 g/mol. The highest BCUT2D eigenvalue weighted by Gasteiger charge is 2.23. The van der Waals surface area contributed by atoms with Crippen LogP contribution in [-0.2, 0) is 0 Å². The lowest BCUT2D eigenvalue weighted by atomic mass is 10.4. The summed E-state index contributed by atoms with van der Waals surface area (Å²) in [5.74, 6) is -5.57. The molecule has 0 aliphatic heterocycles. The van der Waals surface area contributed by atoms with Crippen LogP contribution in [0.3, 0.4) is 0 Å². The predicted octanol–water partition coefficient (Wildman–Crippen LogP) is 0.592. The van der Waals surface area contributed by atoms with Gasteiger partial charge in [-0.05, 0) is 0 Å². The molecule has 4 nitrogen and oxygen atoms in total. The molecule has 0 saturated heterocycles. The Morgan fingerprint density at radius 1 is 1.55 bits per heavy atom. The van der Waals surface area contributed by atoms with E-state index >= 15 is 0 Å². The van der Waals surface area contributed by atoms with Crippen molar-refractivity contribution in [1.82, 2.24) is 10.0 Å². The van der Waals surface area contributed by atoms with Crippen molar-refractivity contribution in [2.24, 2.45) is 0 Å². The summed E-state index contributed by atoms with van der Waals surface area (Å²) in [5, 5.41) is 10.5. The van der Waals surface area contributed by atoms with Gasteiger partial charge in [0.1, 0.15) is 0 Å². The van der Waals surface area contributed by atoms with Crippen molar-refractivity contribution < 1.29 is 23.2 Å². The molecule has 0 fully saturated rings. The number of halogens is 3. The van der Waals surface area contributed by atoms with Gasteiger partial charge in [-0.25, -0.2) is 4.79 Å². The number of hydrogen-bond donors (Lipinski definition) is 1. The Kier molecular flexibility index (Phi) is 1.55. The number of rotatable bonds is 1. The van der Waals surface area contributed by atoms with Crippen LogP contribution in [-0.4, -0.2) is 21.1 Å². The second-order valence-electron chi connectivity index (χ2n) is 1.62. The molecule has 7 heteroatoms. The van der Waals surface area contributed by atoms with E-state index in [-0.39, 0.29) is 0 Å². The average molecular weight is 166 g/mol. The molecule has 1 heterocycles. The monoisotopic (exact) mass is 166 g/mol. The SMILES string of the molecule is O=C(O)c1nn(F)c(F)c1F. The molecular formula is C4HF3N2O2. The summed E-state index contributed by atoms with van der Waals surface area (Å²) >= 11 is 0. The molecule has 0 aliphatic rings. The van der Waals surface area contributed by atoms with E-state index < -0.39 is 28.3 Å². The lowest BCUT2D eigenvalue weighted by Gasteiger charge is -1.80. The van der Waals surface area contributed by atoms with Crippen LogP contribution in [0.15, 0.2) is 0 Å². The molecule has 1 rings (SSSR count). The van der Waals surface area contributed by atoms with E-state index in [4.69, 9.17) is 5.11 Å². The molecule has 0 spiro atoms. The highest BCUT2D eigenvalue weighted by atomic mass is 19.2. The van der Waals surface area contributed by atoms with Crippen molar-refractivity contribution in [2.45, 2.75) is 0 Å². The second kappa shape index (κ2) is 2.26. The number of nitrogens with zero attached hydrogens (tertiary/aromatic N) is 2. The van der Waals surface area contributed by atoms with Gasteiger partial charge in [-0.3, -0.25) is 0 Å². The van der Waals surface area contributed by atoms with Gasteiger partial charge in [-0.2, -0.15) is 8.78 Å². The lowest BCUT2D eigenvalue weighted by molar-refractivity contribution is 0.0682. The van der Waals surface area contributed by atoms with Crippen molar-refractivity contribution in [3.63, 3.8) is 0 Å². The summed E-state index contributed by atoms with van der Waals surface area (Å²) in [6.07, 6.45) is 0. The van der Waals surface area contributed by atoms with E-state index in [1.807, 2.05) is 0 Å². The van der Waals surface area contributed by atoms with Gasteiger partial charge < -0.3 is 5.11 Å². The van der Waals surface area contributed by atoms with Crippen LogP contribution in [0.5, 0.6) is 0 Å². The third-order valence-electron chi connectivity index (χ3n) is 0.941. The van der Waals surface area contributed by atoms with Crippen molar-refractivity contribution in [3.8, 4) is 0 Å². The summed E-state index contributed by atoms with van der Waals surface area (Å²) in [5.41, 5.74) is -1.27. The third-order valence-corrected chi connectivity index (χ3v) is 0.941. The fraction of sp³-hybridized carbons (Fsp3) is 0. The maximum atomic E-state index is 12.2. The largest absolute Gasteiger partial charge is 0.476 e. The Labute approximate surface area is 57.8 Å². The van der Waals surface area contributed by atoms with Crippen molar-refractivity contribution in [3.05, 3.63) is 17.5 Å². The minimum absolute atomic E-state index is 0.973. The zero-order chi connectivity index (χ0) is 8.59. The second-order valence-corrected chi connectivity index (χ2v) is 1.62. The minimum Gasteiger partial charge on any atom is -0.476 e. The maximum Gasteiger partial charge on any atom is 0.359 e. The maximum absolute atomic E-state index is 12.2. The topological polar surface area (TPSA) is 55.1 Å². The van der Waals surface area contributed by atoms with Crippen LogP contribution in [0.4, 0.5) is 13.3 Å². The van der Waals surface area contributed by atoms with Gasteiger partial charge in [0.15, 0.2) is 0 Å². The molecule has 1 N–H and O–H groups in total. The number of carboxylic acids is 1. The van der Waals surface area contributed by atoms with E-state index in [9.17, 15) is 18.1 Å². The van der Waals surface area contributed by atoms with Gasteiger partial charge in [0.2, 0.25) is 11.5 Å². The highest BCUT2D eigenvalue weighted by molar-refractivity contribution is 5.85. The standard InChI is InChI=1S/C4HF3N2O2/c5-1-2(4(10)11)8-9(7)3(1)6/h(H,10,11). The first kappa shape index (κ1) is 7.58. The predicted molar refractivity (Wildman–Crippen MR) is 25.6 cm³/mol. The zero-order valence-electron chi connectivity index (χ0n) is 4.88. The third kappa shape index (κ3) is 1.04. The molecule has 0 unspecified atom stereocenters. The smallest absolute Gasteiger partial charge is 0.359 e. The van der Waals surface area contributed by atoms with E-state index in [1.54, 1.807) is 0 Å². The average Bonchev–Trinajstić information content (AvgIpc) is 2.17. The Morgan fingerprint density at radius 2 is 2.09 bits per heavy atom. The molecule has 1 aromatic rings. The highest BCUT2D eigenvalue weighted by Crippen LogP contribution is 2.09. The normalized spacial score (nSPS) is 10.1. The molecule has 11 heavy (non-hydrogen) atoms. The Bertz CT molecular complexity index is 309. The van der Waals surface area contributed by atoms with Gasteiger partial charge in [0.05, 0.1) is 0 Å². The van der Waals surface area contributed by atoms with E-state index in [2.05, 4.69) is 5.10 Å². The molecule has 0 radical (unpaired) electrons. The van der Waals surface area contributed by atoms with Gasteiger partial charge >= 0.3 is 5.97 Å².